The highest BCUT2D eigenvalue weighted by atomic mass is 32.2. The van der Waals surface area contributed by atoms with Gasteiger partial charge in [-0.25, -0.2) is 0 Å². The number of hydrogen-bond acceptors (Lipinski definition) is 6. The van der Waals surface area contributed by atoms with E-state index in [1.54, 1.807) is 0 Å². The lowest BCUT2D eigenvalue weighted by Crippen LogP contribution is -2.06. The van der Waals surface area contributed by atoms with Gasteiger partial charge in [-0.05, 0) is 0 Å². The maximum atomic E-state index is 10.7. The minimum Gasteiger partial charge on any atom is -0.468 e. The summed E-state index contributed by atoms with van der Waals surface area (Å²) in [5.41, 5.74) is 0. The van der Waals surface area contributed by atoms with Crippen molar-refractivity contribution in [3.63, 3.8) is 0 Å². The molecule has 0 radical (unpaired) electrons. The Morgan fingerprint density at radius 1 is 0.929 bits per heavy atom. The fraction of sp³-hybridized carbons (Fsp3) is 0.750. The minimum absolute atomic E-state index is 0.215. The zero-order chi connectivity index (χ0) is 10.8. The van der Waals surface area contributed by atoms with Crippen LogP contribution >= 0.6 is 23.5 Å². The van der Waals surface area contributed by atoms with E-state index in [4.69, 9.17) is 0 Å². The van der Waals surface area contributed by atoms with Gasteiger partial charge in [-0.3, -0.25) is 9.59 Å². The van der Waals surface area contributed by atoms with E-state index in [1.165, 1.54) is 37.7 Å². The largest absolute Gasteiger partial charge is 0.468 e. The van der Waals surface area contributed by atoms with E-state index >= 15 is 0 Å². The van der Waals surface area contributed by atoms with Crippen molar-refractivity contribution in [3.8, 4) is 0 Å². The SMILES string of the molecule is COC(=O)CSCCSCC(=O)OC. The number of ether oxygens (including phenoxy) is 2. The Hall–Kier alpha value is -0.360. The molecular weight excluding hydrogens is 224 g/mol. The first-order chi connectivity index (χ1) is 6.70. The number of carbonyl (C=O) groups excluding carboxylic acids is 2. The standard InChI is InChI=1S/C8H14O4S2/c1-11-7(9)5-13-3-4-14-6-8(10)12-2/h3-6H2,1-2H3. The molecule has 82 valence electrons. The molecule has 0 saturated heterocycles. The van der Waals surface area contributed by atoms with Crippen LogP contribution in [0.5, 0.6) is 0 Å². The highest BCUT2D eigenvalue weighted by Gasteiger charge is 2.01. The Kier molecular flexibility index (Phi) is 8.97. The van der Waals surface area contributed by atoms with Gasteiger partial charge < -0.3 is 9.47 Å². The number of esters is 2. The molecule has 0 aliphatic rings. The number of methoxy groups -OCH3 is 2. The first-order valence-corrected chi connectivity index (χ1v) is 6.30. The Morgan fingerprint density at radius 3 is 1.57 bits per heavy atom. The van der Waals surface area contributed by atoms with Gasteiger partial charge in [0.2, 0.25) is 0 Å². The first-order valence-electron chi connectivity index (χ1n) is 3.99. The normalized spacial score (nSPS) is 9.57. The maximum absolute atomic E-state index is 10.7. The quantitative estimate of drug-likeness (QED) is 0.483. The summed E-state index contributed by atoms with van der Waals surface area (Å²) in [6.07, 6.45) is 0. The van der Waals surface area contributed by atoms with Crippen molar-refractivity contribution in [2.75, 3.05) is 37.2 Å². The van der Waals surface area contributed by atoms with E-state index < -0.39 is 0 Å². The van der Waals surface area contributed by atoms with E-state index in [1.807, 2.05) is 0 Å². The summed E-state index contributed by atoms with van der Waals surface area (Å²) < 4.78 is 8.94. The van der Waals surface area contributed by atoms with Gasteiger partial charge in [0.15, 0.2) is 0 Å². The summed E-state index contributed by atoms with van der Waals surface area (Å²) in [4.78, 5) is 21.4. The first kappa shape index (κ1) is 13.6. The fourth-order valence-corrected chi connectivity index (χ4v) is 2.35. The molecule has 0 fully saturated rings. The summed E-state index contributed by atoms with van der Waals surface area (Å²) in [5, 5.41) is 0. The van der Waals surface area contributed by atoms with Crippen LogP contribution in [0.1, 0.15) is 0 Å². The van der Waals surface area contributed by atoms with Crippen LogP contribution in [0, 0.1) is 0 Å². The van der Waals surface area contributed by atoms with Gasteiger partial charge in [0.1, 0.15) is 0 Å². The molecule has 0 rings (SSSR count). The third-order valence-corrected chi connectivity index (χ3v) is 3.39. The Bertz CT molecular complexity index is 164. The molecule has 0 aromatic rings. The molecule has 4 nitrogen and oxygen atoms in total. The van der Waals surface area contributed by atoms with Crippen LogP contribution in [-0.2, 0) is 19.1 Å². The average molecular weight is 238 g/mol. The van der Waals surface area contributed by atoms with Crippen molar-refractivity contribution in [2.45, 2.75) is 0 Å². The van der Waals surface area contributed by atoms with Gasteiger partial charge in [0.25, 0.3) is 0 Å². The molecule has 0 spiro atoms. The van der Waals surface area contributed by atoms with Crippen molar-refractivity contribution in [1.82, 2.24) is 0 Å². The highest BCUT2D eigenvalue weighted by Crippen LogP contribution is 2.07. The molecule has 0 aliphatic carbocycles. The predicted octanol–water partition coefficient (Wildman–Crippen LogP) is 0.799. The summed E-state index contributed by atoms with van der Waals surface area (Å²) in [6, 6.07) is 0. The van der Waals surface area contributed by atoms with Crippen LogP contribution in [0.2, 0.25) is 0 Å². The summed E-state index contributed by atoms with van der Waals surface area (Å²) >= 11 is 3.00. The van der Waals surface area contributed by atoms with Gasteiger partial charge in [-0.1, -0.05) is 0 Å². The summed E-state index contributed by atoms with van der Waals surface area (Å²) in [7, 11) is 2.74. The Balaban J connectivity index is 3.14. The molecular formula is C8H14O4S2. The third kappa shape index (κ3) is 8.25. The lowest BCUT2D eigenvalue weighted by Gasteiger charge is -2.00. The zero-order valence-electron chi connectivity index (χ0n) is 8.28. The van der Waals surface area contributed by atoms with E-state index in [2.05, 4.69) is 9.47 Å². The molecule has 0 aromatic heterocycles. The van der Waals surface area contributed by atoms with Gasteiger partial charge in [0, 0.05) is 11.5 Å². The molecule has 0 aromatic carbocycles. The molecule has 0 bridgehead atoms. The second kappa shape index (κ2) is 9.21. The third-order valence-electron chi connectivity index (χ3n) is 1.27. The number of rotatable bonds is 7. The average Bonchev–Trinajstić information content (AvgIpc) is 2.22. The fourth-order valence-electron chi connectivity index (χ4n) is 0.547. The number of carbonyl (C=O) groups is 2. The molecule has 0 unspecified atom stereocenters. The Morgan fingerprint density at radius 2 is 1.29 bits per heavy atom. The topological polar surface area (TPSA) is 52.6 Å². The van der Waals surface area contributed by atoms with Gasteiger partial charge in [0.05, 0.1) is 25.7 Å². The number of thioether (sulfide) groups is 2. The van der Waals surface area contributed by atoms with Crippen molar-refractivity contribution < 1.29 is 19.1 Å². The highest BCUT2D eigenvalue weighted by molar-refractivity contribution is 8.03. The molecule has 0 amide bonds. The minimum atomic E-state index is -0.215. The second-order valence-corrected chi connectivity index (χ2v) is 4.47. The molecule has 0 atom stereocenters. The molecule has 0 aliphatic heterocycles. The lowest BCUT2D eigenvalue weighted by atomic mass is 10.8. The second-order valence-electron chi connectivity index (χ2n) is 2.26. The smallest absolute Gasteiger partial charge is 0.315 e. The van der Waals surface area contributed by atoms with Crippen LogP contribution in [0.3, 0.4) is 0 Å². The van der Waals surface area contributed by atoms with Crippen LogP contribution in [0.15, 0.2) is 0 Å². The van der Waals surface area contributed by atoms with Crippen molar-refractivity contribution >= 4 is 35.5 Å². The van der Waals surface area contributed by atoms with Gasteiger partial charge >= 0.3 is 11.9 Å². The molecule has 0 heterocycles. The van der Waals surface area contributed by atoms with Crippen molar-refractivity contribution in [1.29, 1.82) is 0 Å². The van der Waals surface area contributed by atoms with E-state index in [0.717, 1.165) is 11.5 Å². The molecule has 0 saturated carbocycles. The molecule has 14 heavy (non-hydrogen) atoms. The summed E-state index contributed by atoms with van der Waals surface area (Å²) in [6.45, 7) is 0. The van der Waals surface area contributed by atoms with E-state index in [0.29, 0.717) is 11.5 Å². The van der Waals surface area contributed by atoms with Crippen LogP contribution in [0.4, 0.5) is 0 Å². The van der Waals surface area contributed by atoms with Crippen molar-refractivity contribution in [2.24, 2.45) is 0 Å². The predicted molar refractivity (Wildman–Crippen MR) is 58.7 cm³/mol. The van der Waals surface area contributed by atoms with E-state index in [-0.39, 0.29) is 11.9 Å². The molecule has 6 heteroatoms. The van der Waals surface area contributed by atoms with Crippen LogP contribution in [0.25, 0.3) is 0 Å². The van der Waals surface area contributed by atoms with Gasteiger partial charge in [-0.2, -0.15) is 0 Å². The van der Waals surface area contributed by atoms with E-state index in [9.17, 15) is 9.59 Å². The zero-order valence-corrected chi connectivity index (χ0v) is 9.91. The van der Waals surface area contributed by atoms with Gasteiger partial charge in [-0.15, -0.1) is 23.5 Å². The number of hydrogen-bond donors (Lipinski definition) is 0. The molecule has 0 N–H and O–H groups in total. The maximum Gasteiger partial charge on any atom is 0.315 e. The van der Waals surface area contributed by atoms with Crippen LogP contribution < -0.4 is 0 Å². The lowest BCUT2D eigenvalue weighted by molar-refractivity contribution is -0.138. The Labute approximate surface area is 92.1 Å². The summed E-state index contributed by atoms with van der Waals surface area (Å²) in [5.74, 6) is 1.97. The van der Waals surface area contributed by atoms with Crippen LogP contribution in [-0.4, -0.2) is 49.2 Å². The van der Waals surface area contributed by atoms with Crippen molar-refractivity contribution in [3.05, 3.63) is 0 Å². The monoisotopic (exact) mass is 238 g/mol.